The molecular formula is C16H20N2O2S2. The number of carbonyl (C=O) groups is 2. The molecule has 1 aliphatic rings. The second-order valence-electron chi connectivity index (χ2n) is 5.49. The predicted octanol–water partition coefficient (Wildman–Crippen LogP) is 3.27. The highest BCUT2D eigenvalue weighted by molar-refractivity contribution is 8.24. The quantitative estimate of drug-likeness (QED) is 0.839. The molecule has 1 unspecified atom stereocenters. The number of thioether (sulfide) groups is 1. The first-order chi connectivity index (χ1) is 10.4. The molecule has 1 fully saturated rings. The van der Waals surface area contributed by atoms with E-state index in [1.54, 1.807) is 4.90 Å². The maximum Gasteiger partial charge on any atom is 0.241 e. The van der Waals surface area contributed by atoms with Crippen molar-refractivity contribution in [3.05, 3.63) is 29.3 Å². The molecule has 4 nitrogen and oxygen atoms in total. The number of aryl methyl sites for hydroxylation is 2. The molecule has 1 aromatic rings. The first-order valence-corrected chi connectivity index (χ1v) is 8.56. The second kappa shape index (κ2) is 7.24. The van der Waals surface area contributed by atoms with Gasteiger partial charge in [-0.25, -0.2) is 0 Å². The van der Waals surface area contributed by atoms with Crippen molar-refractivity contribution in [1.29, 1.82) is 0 Å². The Balaban J connectivity index is 1.82. The van der Waals surface area contributed by atoms with Gasteiger partial charge in [-0.05, 0) is 44.4 Å². The number of hydrogen-bond acceptors (Lipinski definition) is 4. The van der Waals surface area contributed by atoms with Crippen LogP contribution in [0.4, 0.5) is 5.69 Å². The summed E-state index contributed by atoms with van der Waals surface area (Å²) in [6.07, 6.45) is 0.981. The SMILES string of the molecule is Cc1ccc(C)c(NC(=O)CCCN2C(=O)C(C)SC2=S)c1. The van der Waals surface area contributed by atoms with Gasteiger partial charge in [0.05, 0.1) is 5.25 Å². The molecule has 0 spiro atoms. The van der Waals surface area contributed by atoms with Crippen molar-refractivity contribution in [2.45, 2.75) is 38.9 Å². The van der Waals surface area contributed by atoms with Crippen LogP contribution in [0.1, 0.15) is 30.9 Å². The van der Waals surface area contributed by atoms with Crippen LogP contribution in [0, 0.1) is 13.8 Å². The predicted molar refractivity (Wildman–Crippen MR) is 95.1 cm³/mol. The summed E-state index contributed by atoms with van der Waals surface area (Å²) in [5.74, 6) is 0.0110. The van der Waals surface area contributed by atoms with E-state index >= 15 is 0 Å². The van der Waals surface area contributed by atoms with Crippen LogP contribution in [-0.2, 0) is 9.59 Å². The van der Waals surface area contributed by atoms with E-state index in [0.29, 0.717) is 23.7 Å². The number of rotatable bonds is 5. The number of hydrogen-bond donors (Lipinski definition) is 1. The number of nitrogens with one attached hydrogen (secondary N) is 1. The molecule has 6 heteroatoms. The Morgan fingerprint density at radius 1 is 1.41 bits per heavy atom. The number of thiocarbonyl (C=S) groups is 1. The third-order valence-electron chi connectivity index (χ3n) is 3.56. The summed E-state index contributed by atoms with van der Waals surface area (Å²) in [5.41, 5.74) is 3.00. The van der Waals surface area contributed by atoms with Crippen LogP contribution >= 0.6 is 24.0 Å². The first-order valence-electron chi connectivity index (χ1n) is 7.27. The van der Waals surface area contributed by atoms with Gasteiger partial charge in [-0.1, -0.05) is 36.1 Å². The highest BCUT2D eigenvalue weighted by atomic mass is 32.2. The van der Waals surface area contributed by atoms with Crippen LogP contribution in [0.2, 0.25) is 0 Å². The topological polar surface area (TPSA) is 49.4 Å². The van der Waals surface area contributed by atoms with E-state index in [2.05, 4.69) is 5.32 Å². The van der Waals surface area contributed by atoms with Crippen LogP contribution in [0.15, 0.2) is 18.2 Å². The molecule has 1 atom stereocenters. The molecule has 1 aromatic carbocycles. The van der Waals surface area contributed by atoms with Gasteiger partial charge in [0.1, 0.15) is 4.32 Å². The summed E-state index contributed by atoms with van der Waals surface area (Å²) in [4.78, 5) is 25.5. The minimum absolute atomic E-state index is 0.0352. The average molecular weight is 336 g/mol. The van der Waals surface area contributed by atoms with Crippen LogP contribution in [0.25, 0.3) is 0 Å². The van der Waals surface area contributed by atoms with E-state index in [0.717, 1.165) is 16.8 Å². The fourth-order valence-corrected chi connectivity index (χ4v) is 3.71. The molecule has 0 saturated carbocycles. The Labute approximate surface area is 140 Å². The van der Waals surface area contributed by atoms with E-state index in [4.69, 9.17) is 12.2 Å². The maximum atomic E-state index is 12.0. The van der Waals surface area contributed by atoms with Gasteiger partial charge in [0.15, 0.2) is 0 Å². The second-order valence-corrected chi connectivity index (χ2v) is 7.46. The lowest BCUT2D eigenvalue weighted by molar-refractivity contribution is -0.126. The molecule has 2 amide bonds. The van der Waals surface area contributed by atoms with Crippen molar-refractivity contribution in [2.75, 3.05) is 11.9 Å². The zero-order chi connectivity index (χ0) is 16.3. The highest BCUT2D eigenvalue weighted by Gasteiger charge is 2.33. The van der Waals surface area contributed by atoms with E-state index in [1.165, 1.54) is 11.8 Å². The zero-order valence-corrected chi connectivity index (χ0v) is 14.6. The summed E-state index contributed by atoms with van der Waals surface area (Å²) in [6.45, 7) is 6.32. The highest BCUT2D eigenvalue weighted by Crippen LogP contribution is 2.27. The number of amides is 2. The number of anilines is 1. The van der Waals surface area contributed by atoms with Crippen molar-refractivity contribution in [2.24, 2.45) is 0 Å². The minimum atomic E-state index is -0.101. The fraction of sp³-hybridized carbons (Fsp3) is 0.438. The van der Waals surface area contributed by atoms with Crippen molar-refractivity contribution in [3.8, 4) is 0 Å². The summed E-state index contributed by atoms with van der Waals surface area (Å²) in [6, 6.07) is 5.97. The van der Waals surface area contributed by atoms with E-state index in [9.17, 15) is 9.59 Å². The molecular weight excluding hydrogens is 316 g/mol. The van der Waals surface area contributed by atoms with Crippen LogP contribution in [0.5, 0.6) is 0 Å². The van der Waals surface area contributed by atoms with E-state index in [1.807, 2.05) is 39.0 Å². The molecule has 1 heterocycles. The Hall–Kier alpha value is -1.40. The third-order valence-corrected chi connectivity index (χ3v) is 5.05. The number of benzene rings is 1. The summed E-state index contributed by atoms with van der Waals surface area (Å²) in [7, 11) is 0. The van der Waals surface area contributed by atoms with Crippen LogP contribution in [-0.4, -0.2) is 32.8 Å². The van der Waals surface area contributed by atoms with Gasteiger partial charge in [-0.2, -0.15) is 0 Å². The van der Waals surface area contributed by atoms with Crippen LogP contribution in [0.3, 0.4) is 0 Å². The van der Waals surface area contributed by atoms with Gasteiger partial charge in [-0.3, -0.25) is 14.5 Å². The first kappa shape index (κ1) is 17.0. The van der Waals surface area contributed by atoms with E-state index < -0.39 is 0 Å². The van der Waals surface area contributed by atoms with Crippen molar-refractivity contribution in [1.82, 2.24) is 4.90 Å². The molecule has 1 saturated heterocycles. The molecule has 2 rings (SSSR count). The molecule has 1 aliphatic heterocycles. The monoisotopic (exact) mass is 336 g/mol. The largest absolute Gasteiger partial charge is 0.326 e. The molecule has 0 bridgehead atoms. The molecule has 22 heavy (non-hydrogen) atoms. The van der Waals surface area contributed by atoms with Gasteiger partial charge in [-0.15, -0.1) is 0 Å². The lowest BCUT2D eigenvalue weighted by atomic mass is 10.1. The van der Waals surface area contributed by atoms with Crippen molar-refractivity contribution >= 4 is 45.8 Å². The molecule has 0 aliphatic carbocycles. The van der Waals surface area contributed by atoms with Crippen molar-refractivity contribution < 1.29 is 9.59 Å². The fourth-order valence-electron chi connectivity index (χ4n) is 2.26. The Morgan fingerprint density at radius 2 is 2.14 bits per heavy atom. The Kier molecular flexibility index (Phi) is 5.58. The minimum Gasteiger partial charge on any atom is -0.326 e. The van der Waals surface area contributed by atoms with Gasteiger partial charge in [0.25, 0.3) is 0 Å². The zero-order valence-electron chi connectivity index (χ0n) is 13.0. The number of nitrogens with zero attached hydrogens (tertiary/aromatic N) is 1. The van der Waals surface area contributed by atoms with Gasteiger partial charge in [0.2, 0.25) is 11.8 Å². The van der Waals surface area contributed by atoms with Gasteiger partial charge in [0, 0.05) is 18.7 Å². The third kappa shape index (κ3) is 4.08. The van der Waals surface area contributed by atoms with Gasteiger partial charge >= 0.3 is 0 Å². The average Bonchev–Trinajstić information content (AvgIpc) is 2.69. The summed E-state index contributed by atoms with van der Waals surface area (Å²) >= 11 is 6.59. The summed E-state index contributed by atoms with van der Waals surface area (Å²) < 4.78 is 0.618. The lowest BCUT2D eigenvalue weighted by Crippen LogP contribution is -2.32. The molecule has 0 radical (unpaired) electrons. The molecule has 1 N–H and O–H groups in total. The van der Waals surface area contributed by atoms with Crippen LogP contribution < -0.4 is 5.32 Å². The summed E-state index contributed by atoms with van der Waals surface area (Å²) in [5, 5.41) is 2.83. The standard InChI is InChI=1S/C16H20N2O2S2/c1-10-6-7-11(2)13(9-10)17-14(19)5-4-8-18-15(20)12(3)22-16(18)21/h6-7,9,12H,4-5,8H2,1-3H3,(H,17,19). The molecule has 0 aromatic heterocycles. The smallest absolute Gasteiger partial charge is 0.241 e. The molecule has 118 valence electrons. The Morgan fingerprint density at radius 3 is 2.77 bits per heavy atom. The normalized spacial score (nSPS) is 18.0. The number of carbonyl (C=O) groups excluding carboxylic acids is 2. The Bertz CT molecular complexity index is 616. The van der Waals surface area contributed by atoms with Crippen molar-refractivity contribution in [3.63, 3.8) is 0 Å². The maximum absolute atomic E-state index is 12.0. The van der Waals surface area contributed by atoms with Gasteiger partial charge < -0.3 is 5.32 Å². The van der Waals surface area contributed by atoms with E-state index in [-0.39, 0.29) is 17.1 Å². The lowest BCUT2D eigenvalue weighted by Gasteiger charge is -2.15.